The van der Waals surface area contributed by atoms with E-state index in [0.717, 1.165) is 25.0 Å². The fraction of sp³-hybridized carbons (Fsp3) is 0.375. The molecule has 2 bridgehead atoms. The van der Waals surface area contributed by atoms with Crippen molar-refractivity contribution in [2.75, 3.05) is 19.6 Å². The minimum absolute atomic E-state index is 0.0553. The molecule has 29 heavy (non-hydrogen) atoms. The van der Waals surface area contributed by atoms with Crippen LogP contribution in [0.2, 0.25) is 0 Å². The molecule has 0 spiro atoms. The predicted octanol–water partition coefficient (Wildman–Crippen LogP) is 3.33. The van der Waals surface area contributed by atoms with E-state index in [1.54, 1.807) is 6.20 Å². The van der Waals surface area contributed by atoms with Crippen molar-refractivity contribution in [3.05, 3.63) is 72.1 Å². The largest absolute Gasteiger partial charge is 0.332 e. The summed E-state index contributed by atoms with van der Waals surface area (Å²) in [5.74, 6) is 1.02. The Hall–Kier alpha value is -2.79. The van der Waals surface area contributed by atoms with Gasteiger partial charge in [0, 0.05) is 30.1 Å². The van der Waals surface area contributed by atoms with Crippen molar-refractivity contribution in [2.24, 2.45) is 5.92 Å². The third kappa shape index (κ3) is 2.68. The quantitative estimate of drug-likeness (QED) is 0.680. The van der Waals surface area contributed by atoms with Crippen LogP contribution in [0.15, 0.2) is 60.8 Å². The van der Waals surface area contributed by atoms with Gasteiger partial charge < -0.3 is 4.90 Å². The third-order valence-corrected chi connectivity index (χ3v) is 7.17. The smallest absolute Gasteiger partial charge is 0.272 e. The van der Waals surface area contributed by atoms with Crippen LogP contribution in [0.3, 0.4) is 0 Å². The van der Waals surface area contributed by atoms with E-state index >= 15 is 0 Å². The first kappa shape index (κ1) is 17.1. The van der Waals surface area contributed by atoms with Gasteiger partial charge in [-0.15, -0.1) is 0 Å². The molecule has 3 aromatic rings. The van der Waals surface area contributed by atoms with Gasteiger partial charge in [-0.2, -0.15) is 0 Å². The molecule has 1 amide bonds. The second kappa shape index (κ2) is 6.63. The first-order valence-electron chi connectivity index (χ1n) is 10.6. The lowest BCUT2D eigenvalue weighted by atomic mass is 9.75. The molecule has 0 saturated carbocycles. The molecule has 7 rings (SSSR count). The Kier molecular flexibility index (Phi) is 3.91. The molecule has 1 aromatic carbocycles. The topological polar surface area (TPSA) is 49.3 Å². The number of hydrogen-bond donors (Lipinski definition) is 0. The number of hydrogen-bond acceptors (Lipinski definition) is 4. The second-order valence-electron chi connectivity index (χ2n) is 8.58. The number of carbonyl (C=O) groups is 1. The molecule has 4 fully saturated rings. The summed E-state index contributed by atoms with van der Waals surface area (Å²) in [5, 5.41) is 0.966. The van der Waals surface area contributed by atoms with Crippen molar-refractivity contribution >= 4 is 16.9 Å². The van der Waals surface area contributed by atoms with Crippen molar-refractivity contribution < 1.29 is 4.79 Å². The minimum atomic E-state index is 0.0553. The number of likely N-dealkylation sites (tertiary alicyclic amines) is 1. The van der Waals surface area contributed by atoms with Gasteiger partial charge in [0.2, 0.25) is 0 Å². The molecule has 0 N–H and O–H groups in total. The van der Waals surface area contributed by atoms with E-state index in [0.29, 0.717) is 29.2 Å². The third-order valence-electron chi connectivity index (χ3n) is 7.17. The summed E-state index contributed by atoms with van der Waals surface area (Å²) in [6, 6.07) is 19.1. The lowest BCUT2D eigenvalue weighted by Crippen LogP contribution is -2.60. The van der Waals surface area contributed by atoms with Crippen molar-refractivity contribution in [3.63, 3.8) is 0 Å². The van der Waals surface area contributed by atoms with Gasteiger partial charge in [-0.1, -0.05) is 30.3 Å². The zero-order chi connectivity index (χ0) is 19.4. The van der Waals surface area contributed by atoms with E-state index in [9.17, 15) is 4.79 Å². The normalized spacial score (nSPS) is 30.5. The van der Waals surface area contributed by atoms with Gasteiger partial charge in [0.05, 0.1) is 6.04 Å². The van der Waals surface area contributed by atoms with Gasteiger partial charge >= 0.3 is 0 Å². The van der Waals surface area contributed by atoms with Gasteiger partial charge in [-0.25, -0.2) is 9.97 Å². The molecule has 6 heterocycles. The van der Waals surface area contributed by atoms with Crippen LogP contribution in [0.4, 0.5) is 0 Å². The molecule has 3 atom stereocenters. The highest BCUT2D eigenvalue weighted by Crippen LogP contribution is 2.46. The van der Waals surface area contributed by atoms with Crippen LogP contribution in [0.1, 0.15) is 34.8 Å². The molecule has 0 radical (unpaired) electrons. The summed E-state index contributed by atoms with van der Waals surface area (Å²) in [6.07, 6.45) is 4.12. The minimum Gasteiger partial charge on any atom is -0.332 e. The van der Waals surface area contributed by atoms with E-state index < -0.39 is 0 Å². The van der Waals surface area contributed by atoms with Crippen molar-refractivity contribution in [2.45, 2.75) is 30.8 Å². The maximum Gasteiger partial charge on any atom is 0.272 e. The Balaban J connectivity index is 1.39. The number of rotatable bonds is 2. The molecular formula is C24H24N4O. The van der Waals surface area contributed by atoms with E-state index in [-0.39, 0.29) is 11.9 Å². The average Bonchev–Trinajstić information content (AvgIpc) is 3.23. The number of benzene rings is 1. The molecule has 4 aliphatic rings. The van der Waals surface area contributed by atoms with Crippen molar-refractivity contribution in [1.82, 2.24) is 19.8 Å². The van der Waals surface area contributed by atoms with Crippen LogP contribution in [0.5, 0.6) is 0 Å². The highest BCUT2D eigenvalue weighted by molar-refractivity contribution is 5.95. The lowest BCUT2D eigenvalue weighted by Gasteiger charge is -2.51. The van der Waals surface area contributed by atoms with E-state index in [4.69, 9.17) is 0 Å². The van der Waals surface area contributed by atoms with Crippen molar-refractivity contribution in [3.8, 4) is 0 Å². The molecule has 4 saturated heterocycles. The monoisotopic (exact) mass is 384 g/mol. The predicted molar refractivity (Wildman–Crippen MR) is 112 cm³/mol. The Labute approximate surface area is 170 Å². The number of amides is 1. The molecular weight excluding hydrogens is 360 g/mol. The molecule has 4 aliphatic heterocycles. The Bertz CT molecular complexity index is 1060. The number of piperidine rings is 3. The Morgan fingerprint density at radius 3 is 2.59 bits per heavy atom. The van der Waals surface area contributed by atoms with Crippen LogP contribution in [-0.2, 0) is 0 Å². The van der Waals surface area contributed by atoms with Gasteiger partial charge in [0.1, 0.15) is 5.69 Å². The maximum atomic E-state index is 13.6. The summed E-state index contributed by atoms with van der Waals surface area (Å²) in [5.41, 5.74) is 2.50. The fourth-order valence-corrected chi connectivity index (χ4v) is 5.87. The molecule has 2 aromatic heterocycles. The zero-order valence-corrected chi connectivity index (χ0v) is 16.3. The summed E-state index contributed by atoms with van der Waals surface area (Å²) in [4.78, 5) is 27.3. The summed E-state index contributed by atoms with van der Waals surface area (Å²) >= 11 is 0. The number of fused-ring (bicyclic) bond motifs is 3. The van der Waals surface area contributed by atoms with E-state index in [1.165, 1.54) is 18.4 Å². The second-order valence-corrected chi connectivity index (χ2v) is 8.58. The summed E-state index contributed by atoms with van der Waals surface area (Å²) in [6.45, 7) is 3.10. The van der Waals surface area contributed by atoms with Gasteiger partial charge in [-0.05, 0) is 61.7 Å². The molecule has 0 aliphatic carbocycles. The maximum absolute atomic E-state index is 13.6. The lowest BCUT2D eigenvalue weighted by molar-refractivity contribution is -0.00357. The van der Waals surface area contributed by atoms with Crippen LogP contribution in [0.25, 0.3) is 11.0 Å². The Morgan fingerprint density at radius 2 is 1.76 bits per heavy atom. The first-order chi connectivity index (χ1) is 14.3. The standard InChI is InChI=1S/C24H24N4O/c29-24(20-9-8-18-7-4-12-25-23(18)26-20)28-15-19(16-5-2-1-3-6-16)22-21(28)17-10-13-27(22)14-11-17/h1-9,12,17,19,21-22H,10-11,13-15H2/t19-,21+,22+/m0/s1. The number of nitrogens with zero attached hydrogens (tertiary/aromatic N) is 4. The highest BCUT2D eigenvalue weighted by Gasteiger charge is 2.54. The zero-order valence-electron chi connectivity index (χ0n) is 16.3. The SMILES string of the molecule is O=C(c1ccc2cccnc2n1)N1C[C@@H](c2ccccc2)[C@@H]2[C@H]1C1CCN2CC1. The first-order valence-corrected chi connectivity index (χ1v) is 10.6. The average molecular weight is 384 g/mol. The number of pyridine rings is 2. The number of aromatic nitrogens is 2. The number of carbonyl (C=O) groups excluding carboxylic acids is 1. The van der Waals surface area contributed by atoms with E-state index in [2.05, 4.69) is 50.1 Å². The van der Waals surface area contributed by atoms with Gasteiger partial charge in [-0.3, -0.25) is 9.69 Å². The summed E-state index contributed by atoms with van der Waals surface area (Å²) < 4.78 is 0. The van der Waals surface area contributed by atoms with E-state index in [1.807, 2.05) is 24.3 Å². The van der Waals surface area contributed by atoms with Gasteiger partial charge in [0.15, 0.2) is 5.65 Å². The molecule has 5 nitrogen and oxygen atoms in total. The Morgan fingerprint density at radius 1 is 0.931 bits per heavy atom. The summed E-state index contributed by atoms with van der Waals surface area (Å²) in [7, 11) is 0. The van der Waals surface area contributed by atoms with Crippen LogP contribution in [-0.4, -0.2) is 57.4 Å². The van der Waals surface area contributed by atoms with Crippen molar-refractivity contribution in [1.29, 1.82) is 0 Å². The molecule has 5 heteroatoms. The molecule has 146 valence electrons. The van der Waals surface area contributed by atoms with Gasteiger partial charge in [0.25, 0.3) is 5.91 Å². The molecule has 0 unspecified atom stereocenters. The van der Waals surface area contributed by atoms with Crippen LogP contribution in [0, 0.1) is 5.92 Å². The highest BCUT2D eigenvalue weighted by atomic mass is 16.2. The van der Waals surface area contributed by atoms with Crippen LogP contribution >= 0.6 is 0 Å². The fourth-order valence-electron chi connectivity index (χ4n) is 5.87. The van der Waals surface area contributed by atoms with Crippen LogP contribution < -0.4 is 0 Å².